The molecule has 4 aromatic rings. The molecular weight excluding hydrogens is 454 g/mol. The quantitative estimate of drug-likeness (QED) is 0.341. The molecule has 172 valence electrons. The van der Waals surface area contributed by atoms with Crippen molar-refractivity contribution in [2.75, 3.05) is 0 Å². The fourth-order valence-electron chi connectivity index (χ4n) is 3.65. The van der Waals surface area contributed by atoms with Gasteiger partial charge in [0.05, 0.1) is 16.3 Å². The number of carbonyl (C=O) groups is 2. The Morgan fingerprint density at radius 3 is 2.53 bits per heavy atom. The molecule has 0 bridgehead atoms. The van der Waals surface area contributed by atoms with Gasteiger partial charge in [0.2, 0.25) is 5.91 Å². The minimum absolute atomic E-state index is 0.138. The van der Waals surface area contributed by atoms with Crippen molar-refractivity contribution in [2.45, 2.75) is 24.7 Å². The van der Waals surface area contributed by atoms with E-state index in [-0.39, 0.29) is 23.0 Å². The van der Waals surface area contributed by atoms with E-state index in [4.69, 9.17) is 9.47 Å². The Hall–Kier alpha value is -3.98. The van der Waals surface area contributed by atoms with Crippen LogP contribution >= 0.6 is 11.8 Å². The molecule has 1 saturated heterocycles. The fraction of sp³-hybridized carbons (Fsp3) is 0.160. The van der Waals surface area contributed by atoms with Gasteiger partial charge in [0.15, 0.2) is 6.10 Å². The first-order valence-corrected chi connectivity index (χ1v) is 11.5. The molecule has 8 nitrogen and oxygen atoms in total. The second kappa shape index (κ2) is 9.11. The molecule has 5 rings (SSSR count). The number of hydrogen-bond donors (Lipinski definition) is 3. The lowest BCUT2D eigenvalue weighted by atomic mass is 10.1. The van der Waals surface area contributed by atoms with Crippen molar-refractivity contribution >= 4 is 33.9 Å². The Morgan fingerprint density at radius 1 is 1.03 bits per heavy atom. The number of carbonyl (C=O) groups excluding carboxylic acids is 2. The summed E-state index contributed by atoms with van der Waals surface area (Å²) in [5.41, 5.74) is 2.54. The predicted molar refractivity (Wildman–Crippen MR) is 128 cm³/mol. The average molecular weight is 476 g/mol. The Balaban J connectivity index is 1.24. The number of H-pyrrole nitrogens is 1. The van der Waals surface area contributed by atoms with Crippen molar-refractivity contribution in [1.82, 2.24) is 15.3 Å². The molecule has 0 radical (unpaired) electrons. The van der Waals surface area contributed by atoms with Crippen molar-refractivity contribution in [3.05, 3.63) is 78.1 Å². The van der Waals surface area contributed by atoms with Crippen LogP contribution in [0.5, 0.6) is 23.0 Å². The molecule has 0 saturated carbocycles. The summed E-state index contributed by atoms with van der Waals surface area (Å²) in [7, 11) is 0. The lowest BCUT2D eigenvalue weighted by Gasteiger charge is -2.13. The van der Waals surface area contributed by atoms with Crippen LogP contribution in [0.15, 0.2) is 66.7 Å². The largest absolute Gasteiger partial charge is 0.508 e. The Kier molecular flexibility index (Phi) is 5.85. The lowest BCUT2D eigenvalue weighted by molar-refractivity contribution is -0.118. The third kappa shape index (κ3) is 4.84. The highest BCUT2D eigenvalue weighted by Crippen LogP contribution is 2.29. The highest BCUT2D eigenvalue weighted by molar-refractivity contribution is 8.15. The number of fused-ring (bicyclic) bond motifs is 1. The first-order valence-electron chi connectivity index (χ1n) is 10.7. The number of thioether (sulfide) groups is 1. The van der Waals surface area contributed by atoms with Crippen LogP contribution in [0.1, 0.15) is 24.4 Å². The summed E-state index contributed by atoms with van der Waals surface area (Å²) in [4.78, 5) is 31.0. The zero-order chi connectivity index (χ0) is 23.7. The molecule has 3 aromatic carbocycles. The Labute approximate surface area is 199 Å². The number of hydrogen-bond acceptors (Lipinski definition) is 7. The van der Waals surface area contributed by atoms with Gasteiger partial charge < -0.3 is 19.6 Å². The average Bonchev–Trinajstić information content (AvgIpc) is 3.37. The summed E-state index contributed by atoms with van der Waals surface area (Å²) in [5.74, 6) is 2.39. The summed E-state index contributed by atoms with van der Waals surface area (Å²) >= 11 is 1.02. The van der Waals surface area contributed by atoms with E-state index >= 15 is 0 Å². The standard InChI is InChI=1S/C25H21N3O5S/c1-14(32-17-7-5-15(6-8-17)11-22-24(30)28-25(31)34-22)23-26-20-10-9-19(13-21(20)27-23)33-18-4-2-3-16(29)12-18/h2-10,12-14,22,29H,11H2,1H3,(H,26,27)(H,28,30,31). The van der Waals surface area contributed by atoms with E-state index in [1.165, 1.54) is 0 Å². The smallest absolute Gasteiger partial charge is 0.286 e. The Morgan fingerprint density at radius 2 is 1.79 bits per heavy atom. The topological polar surface area (TPSA) is 114 Å². The van der Waals surface area contributed by atoms with E-state index < -0.39 is 5.25 Å². The van der Waals surface area contributed by atoms with E-state index in [1.54, 1.807) is 24.3 Å². The van der Waals surface area contributed by atoms with E-state index in [0.717, 1.165) is 28.4 Å². The molecule has 1 aromatic heterocycles. The summed E-state index contributed by atoms with van der Waals surface area (Å²) in [6, 6.07) is 19.6. The van der Waals surface area contributed by atoms with Crippen LogP contribution in [0, 0.1) is 0 Å². The van der Waals surface area contributed by atoms with Crippen LogP contribution in [-0.4, -0.2) is 31.5 Å². The molecule has 1 fully saturated rings. The molecule has 34 heavy (non-hydrogen) atoms. The minimum Gasteiger partial charge on any atom is -0.508 e. The number of benzene rings is 3. The van der Waals surface area contributed by atoms with E-state index in [0.29, 0.717) is 29.5 Å². The number of phenols is 1. The van der Waals surface area contributed by atoms with Gasteiger partial charge in [0.25, 0.3) is 5.24 Å². The van der Waals surface area contributed by atoms with E-state index in [2.05, 4.69) is 15.3 Å². The van der Waals surface area contributed by atoms with Crippen molar-refractivity contribution in [3.8, 4) is 23.0 Å². The number of aromatic nitrogens is 2. The minimum atomic E-state index is -0.393. The summed E-state index contributed by atoms with van der Waals surface area (Å²) in [6.45, 7) is 1.90. The van der Waals surface area contributed by atoms with Gasteiger partial charge in [-0.25, -0.2) is 4.98 Å². The van der Waals surface area contributed by atoms with Gasteiger partial charge in [-0.2, -0.15) is 0 Å². The molecule has 3 N–H and O–H groups in total. The molecular formula is C25H21N3O5S. The first-order chi connectivity index (χ1) is 16.4. The molecule has 2 amide bonds. The van der Waals surface area contributed by atoms with Crippen LogP contribution in [0.4, 0.5) is 4.79 Å². The van der Waals surface area contributed by atoms with E-state index in [9.17, 15) is 14.7 Å². The Bertz CT molecular complexity index is 1370. The maximum absolute atomic E-state index is 11.8. The van der Waals surface area contributed by atoms with Gasteiger partial charge in [-0.15, -0.1) is 0 Å². The van der Waals surface area contributed by atoms with Crippen LogP contribution in [0.25, 0.3) is 11.0 Å². The lowest BCUT2D eigenvalue weighted by Crippen LogP contribution is -2.25. The number of nitrogens with one attached hydrogen (secondary N) is 2. The number of imidazole rings is 1. The highest BCUT2D eigenvalue weighted by Gasteiger charge is 2.31. The van der Waals surface area contributed by atoms with Crippen LogP contribution in [0.2, 0.25) is 0 Å². The monoisotopic (exact) mass is 475 g/mol. The van der Waals surface area contributed by atoms with Crippen LogP contribution in [-0.2, 0) is 11.2 Å². The zero-order valence-electron chi connectivity index (χ0n) is 18.1. The normalized spacial score (nSPS) is 16.4. The van der Waals surface area contributed by atoms with Gasteiger partial charge in [-0.05, 0) is 55.3 Å². The molecule has 1 aliphatic heterocycles. The van der Waals surface area contributed by atoms with Gasteiger partial charge in [-0.1, -0.05) is 30.0 Å². The zero-order valence-corrected chi connectivity index (χ0v) is 19.0. The summed E-state index contributed by atoms with van der Waals surface area (Å²) < 4.78 is 11.9. The number of aromatic amines is 1. The van der Waals surface area contributed by atoms with Gasteiger partial charge in [0, 0.05) is 12.1 Å². The van der Waals surface area contributed by atoms with Crippen LogP contribution < -0.4 is 14.8 Å². The van der Waals surface area contributed by atoms with Crippen molar-refractivity contribution < 1.29 is 24.2 Å². The number of ether oxygens (including phenoxy) is 2. The SMILES string of the molecule is CC(Oc1ccc(CC2SC(=O)NC2=O)cc1)c1nc2ccc(Oc3cccc(O)c3)cc2[nH]1. The second-order valence-corrected chi connectivity index (χ2v) is 9.07. The number of rotatable bonds is 7. The van der Waals surface area contributed by atoms with Gasteiger partial charge >= 0.3 is 0 Å². The molecule has 0 aliphatic carbocycles. The summed E-state index contributed by atoms with van der Waals surface area (Å²) in [5, 5.41) is 11.2. The maximum Gasteiger partial charge on any atom is 0.286 e. The molecule has 2 heterocycles. The second-order valence-electron chi connectivity index (χ2n) is 7.89. The van der Waals surface area contributed by atoms with Gasteiger partial charge in [0.1, 0.15) is 28.8 Å². The van der Waals surface area contributed by atoms with Crippen LogP contribution in [0.3, 0.4) is 0 Å². The number of phenolic OH excluding ortho intramolecular Hbond substituents is 1. The maximum atomic E-state index is 11.8. The number of aromatic hydroxyl groups is 1. The third-order valence-electron chi connectivity index (χ3n) is 5.33. The highest BCUT2D eigenvalue weighted by atomic mass is 32.2. The molecule has 2 unspecified atom stereocenters. The summed E-state index contributed by atoms with van der Waals surface area (Å²) in [6.07, 6.45) is 0.150. The van der Waals surface area contributed by atoms with Crippen molar-refractivity contribution in [3.63, 3.8) is 0 Å². The first kappa shape index (κ1) is 21.8. The number of amides is 2. The molecule has 2 atom stereocenters. The van der Waals surface area contributed by atoms with Gasteiger partial charge in [-0.3, -0.25) is 14.9 Å². The number of nitrogens with zero attached hydrogens (tertiary/aromatic N) is 1. The van der Waals surface area contributed by atoms with Crippen molar-refractivity contribution in [1.29, 1.82) is 0 Å². The van der Waals surface area contributed by atoms with Crippen molar-refractivity contribution in [2.24, 2.45) is 0 Å². The molecule has 1 aliphatic rings. The third-order valence-corrected chi connectivity index (χ3v) is 6.32. The number of imide groups is 1. The molecule has 9 heteroatoms. The molecule has 0 spiro atoms. The fourth-order valence-corrected chi connectivity index (χ4v) is 4.51. The predicted octanol–water partition coefficient (Wildman–Crippen LogP) is 5.09. The van der Waals surface area contributed by atoms with E-state index in [1.807, 2.05) is 49.4 Å².